The van der Waals surface area contributed by atoms with Gasteiger partial charge in [-0.3, -0.25) is 0 Å². The van der Waals surface area contributed by atoms with E-state index in [0.29, 0.717) is 13.1 Å². The lowest BCUT2D eigenvalue weighted by Gasteiger charge is -2.07. The van der Waals surface area contributed by atoms with Gasteiger partial charge >= 0.3 is 6.03 Å². The van der Waals surface area contributed by atoms with Crippen molar-refractivity contribution in [1.29, 1.82) is 0 Å². The molecule has 0 heterocycles. The molecule has 0 saturated carbocycles. The highest BCUT2D eigenvalue weighted by molar-refractivity contribution is 5.73. The molecule has 21 heavy (non-hydrogen) atoms. The molecule has 0 aromatic heterocycles. The Balaban J connectivity index is -0.000000960. The van der Waals surface area contributed by atoms with Crippen LogP contribution < -0.4 is 10.6 Å². The van der Waals surface area contributed by atoms with E-state index in [1.54, 1.807) is 12.2 Å². The van der Waals surface area contributed by atoms with Crippen LogP contribution in [0.15, 0.2) is 60.8 Å². The average molecular weight is 292 g/mol. The summed E-state index contributed by atoms with van der Waals surface area (Å²) in [7, 11) is 0. The molecular formula is C18H32N2O. The Kier molecular flexibility index (Phi) is 11.7. The molecule has 0 radical (unpaired) electrons. The third-order valence-electron chi connectivity index (χ3n) is 2.84. The zero-order valence-corrected chi connectivity index (χ0v) is 13.3. The second-order valence-corrected chi connectivity index (χ2v) is 4.28. The number of carbonyl (C=O) groups excluding carboxylic acids is 1. The summed E-state index contributed by atoms with van der Waals surface area (Å²) in [4.78, 5) is 11.5. The van der Waals surface area contributed by atoms with Crippen molar-refractivity contribution in [2.45, 2.75) is 33.1 Å². The molecule has 3 nitrogen and oxygen atoms in total. The minimum Gasteiger partial charge on any atom is -0.338 e. The van der Waals surface area contributed by atoms with Gasteiger partial charge < -0.3 is 10.6 Å². The average Bonchev–Trinajstić information content (AvgIpc) is 3.01. The molecule has 120 valence electrons. The molecule has 0 saturated heterocycles. The molecule has 3 heteroatoms. The molecule has 0 atom stereocenters. The van der Waals surface area contributed by atoms with Crippen molar-refractivity contribution in [2.24, 2.45) is 0 Å². The van der Waals surface area contributed by atoms with E-state index < -0.39 is 0 Å². The lowest BCUT2D eigenvalue weighted by molar-refractivity contribution is 0.241. The number of hydrogen-bond donors (Lipinski definition) is 2. The number of hydrogen-bond acceptors (Lipinski definition) is 1. The molecule has 0 spiro atoms. The van der Waals surface area contributed by atoms with Gasteiger partial charge in [0.05, 0.1) is 0 Å². The third kappa shape index (κ3) is 9.50. The van der Waals surface area contributed by atoms with Crippen LogP contribution >= 0.6 is 0 Å². The minimum atomic E-state index is -0.121. The Hall–Kier alpha value is -2.03. The fourth-order valence-electron chi connectivity index (χ4n) is 1.80. The Morgan fingerprint density at radius 1 is 1.33 bits per heavy atom. The molecule has 0 aromatic carbocycles. The van der Waals surface area contributed by atoms with Crippen molar-refractivity contribution in [1.82, 2.24) is 10.6 Å². The summed E-state index contributed by atoms with van der Waals surface area (Å²) in [5.41, 5.74) is 2.36. The van der Waals surface area contributed by atoms with Gasteiger partial charge in [-0.15, -0.1) is 0 Å². The van der Waals surface area contributed by atoms with Crippen molar-refractivity contribution in [2.75, 3.05) is 13.1 Å². The van der Waals surface area contributed by atoms with E-state index in [1.165, 1.54) is 5.57 Å². The fourth-order valence-corrected chi connectivity index (χ4v) is 1.80. The van der Waals surface area contributed by atoms with Gasteiger partial charge in [0, 0.05) is 15.9 Å². The van der Waals surface area contributed by atoms with Crippen molar-refractivity contribution in [3.63, 3.8) is 0 Å². The van der Waals surface area contributed by atoms with Crippen LogP contribution in [0, 0.1) is 0 Å². The lowest BCUT2D eigenvalue weighted by atomic mass is 10.2. The molecular weight excluding hydrogens is 260 g/mol. The predicted molar refractivity (Wildman–Crippen MR) is 96.5 cm³/mol. The van der Waals surface area contributed by atoms with Gasteiger partial charge in [-0.25, -0.2) is 4.79 Å². The summed E-state index contributed by atoms with van der Waals surface area (Å²) in [6, 6.07) is -0.121. The Bertz CT molecular complexity index is 427. The summed E-state index contributed by atoms with van der Waals surface area (Å²) in [5.74, 6) is 0. The fraction of sp³-hybridized carbons (Fsp3) is 0.389. The zero-order chi connectivity index (χ0) is 15.9. The molecule has 1 aliphatic rings. The number of amides is 2. The van der Waals surface area contributed by atoms with Crippen LogP contribution in [-0.4, -0.2) is 19.1 Å². The van der Waals surface area contributed by atoms with Gasteiger partial charge in [-0.05, 0) is 24.8 Å². The largest absolute Gasteiger partial charge is 0.338 e. The third-order valence-corrected chi connectivity index (χ3v) is 2.84. The maximum atomic E-state index is 11.5. The minimum absolute atomic E-state index is 0. The lowest BCUT2D eigenvalue weighted by Crippen LogP contribution is -2.36. The Labute approximate surface area is 132 Å². The molecule has 0 bridgehead atoms. The van der Waals surface area contributed by atoms with Crippen molar-refractivity contribution < 1.29 is 7.65 Å². The first-order chi connectivity index (χ1) is 10.3. The van der Waals surface area contributed by atoms with E-state index in [2.05, 4.69) is 42.0 Å². The summed E-state index contributed by atoms with van der Waals surface area (Å²) in [5, 5.41) is 5.66. The first kappa shape index (κ1) is 19.0. The van der Waals surface area contributed by atoms with Crippen LogP contribution in [0.1, 0.15) is 36.0 Å². The van der Waals surface area contributed by atoms with Gasteiger partial charge in [-0.1, -0.05) is 69.0 Å². The molecule has 0 unspecified atom stereocenters. The topological polar surface area (TPSA) is 41.1 Å². The van der Waals surface area contributed by atoms with Gasteiger partial charge in [0.1, 0.15) is 0 Å². The maximum absolute atomic E-state index is 11.5. The summed E-state index contributed by atoms with van der Waals surface area (Å²) in [6.07, 6.45) is 14.5. The first-order valence-corrected chi connectivity index (χ1v) is 7.57. The van der Waals surface area contributed by atoms with E-state index in [0.717, 1.165) is 24.8 Å². The van der Waals surface area contributed by atoms with Crippen LogP contribution in [0.4, 0.5) is 4.79 Å². The number of nitrogens with one attached hydrogen (secondary N) is 2. The van der Waals surface area contributed by atoms with Gasteiger partial charge in [0.2, 0.25) is 0 Å². The number of allylic oxidation sites excluding steroid dienone is 6. The maximum Gasteiger partial charge on any atom is 0.314 e. The number of rotatable bonds is 8. The molecule has 0 aliphatic heterocycles. The second-order valence-electron chi connectivity index (χ2n) is 4.28. The normalized spacial score (nSPS) is 12.9. The van der Waals surface area contributed by atoms with Crippen molar-refractivity contribution in [3.8, 4) is 0 Å². The monoisotopic (exact) mass is 292 g/mol. The van der Waals surface area contributed by atoms with E-state index in [-0.39, 0.29) is 8.88 Å². The SMILES string of the molecule is C=C/C=C(\C=C)CCNC(=O)NCCC1=CCC=C1.CC.[HH].[HH]. The van der Waals surface area contributed by atoms with Crippen molar-refractivity contribution in [3.05, 3.63) is 60.8 Å². The highest BCUT2D eigenvalue weighted by atomic mass is 16.2. The van der Waals surface area contributed by atoms with Crippen LogP contribution in [0.5, 0.6) is 0 Å². The summed E-state index contributed by atoms with van der Waals surface area (Å²) < 4.78 is 0. The molecule has 1 rings (SSSR count). The first-order valence-electron chi connectivity index (χ1n) is 7.57. The Morgan fingerprint density at radius 3 is 2.62 bits per heavy atom. The zero-order valence-electron chi connectivity index (χ0n) is 13.3. The highest BCUT2D eigenvalue weighted by Crippen LogP contribution is 2.11. The number of carbonyl (C=O) groups is 1. The molecule has 0 aromatic rings. The van der Waals surface area contributed by atoms with Gasteiger partial charge in [-0.2, -0.15) is 0 Å². The predicted octanol–water partition coefficient (Wildman–Crippen LogP) is 4.77. The smallest absolute Gasteiger partial charge is 0.314 e. The van der Waals surface area contributed by atoms with Crippen LogP contribution in [0.3, 0.4) is 0 Å². The quantitative estimate of drug-likeness (QED) is 0.622. The van der Waals surface area contributed by atoms with Crippen LogP contribution in [0.25, 0.3) is 0 Å². The van der Waals surface area contributed by atoms with Crippen molar-refractivity contribution >= 4 is 6.03 Å². The van der Waals surface area contributed by atoms with Gasteiger partial charge in [0.25, 0.3) is 0 Å². The van der Waals surface area contributed by atoms with E-state index in [9.17, 15) is 4.79 Å². The van der Waals surface area contributed by atoms with Crippen LogP contribution in [0.2, 0.25) is 0 Å². The molecule has 1 aliphatic carbocycles. The molecule has 2 N–H and O–H groups in total. The van der Waals surface area contributed by atoms with Gasteiger partial charge in [0.15, 0.2) is 0 Å². The Morgan fingerprint density at radius 2 is 2.05 bits per heavy atom. The van der Waals surface area contributed by atoms with E-state index >= 15 is 0 Å². The summed E-state index contributed by atoms with van der Waals surface area (Å²) >= 11 is 0. The standard InChI is InChI=1S/C16H22N2O.C2H6.2H2/c1-3-7-14(4-2)10-12-17-16(19)18-13-11-15-8-5-6-9-15;1-2;;/h3-5,7-9H,1-2,6,10-13H2,(H2,17,18,19);1-2H3;2*1H/b14-7+;;;. The second kappa shape index (κ2) is 13.0. The highest BCUT2D eigenvalue weighted by Gasteiger charge is 2.01. The summed E-state index contributed by atoms with van der Waals surface area (Å²) in [6.45, 7) is 12.6. The van der Waals surface area contributed by atoms with Crippen LogP contribution in [-0.2, 0) is 0 Å². The van der Waals surface area contributed by atoms with E-state index in [4.69, 9.17) is 0 Å². The van der Waals surface area contributed by atoms with E-state index in [1.807, 2.05) is 19.9 Å². The molecule has 2 amide bonds. The molecule has 0 fully saturated rings. The number of urea groups is 1.